The van der Waals surface area contributed by atoms with Crippen LogP contribution in [0.25, 0.3) is 6.08 Å². The van der Waals surface area contributed by atoms with Crippen molar-refractivity contribution in [2.24, 2.45) is 0 Å². The lowest BCUT2D eigenvalue weighted by atomic mass is 10.1. The molecule has 2 rings (SSSR count). The monoisotopic (exact) mass is 249 g/mol. The van der Waals surface area contributed by atoms with Crippen LogP contribution >= 0.6 is 0 Å². The molecule has 0 bridgehead atoms. The van der Waals surface area contributed by atoms with E-state index in [0.29, 0.717) is 13.1 Å². The molecule has 1 aromatic rings. The van der Waals surface area contributed by atoms with Crippen LogP contribution in [0.1, 0.15) is 11.1 Å². The molecule has 0 aromatic heterocycles. The SMILES string of the molecule is OCCNCC(O)COc1cccc2c1CC=C2. The molecule has 0 radical (unpaired) electrons. The molecule has 0 spiro atoms. The summed E-state index contributed by atoms with van der Waals surface area (Å²) in [6.07, 6.45) is 4.52. The van der Waals surface area contributed by atoms with Gasteiger partial charge in [0.05, 0.1) is 6.61 Å². The molecule has 98 valence electrons. The van der Waals surface area contributed by atoms with Crippen molar-refractivity contribution < 1.29 is 14.9 Å². The van der Waals surface area contributed by atoms with Gasteiger partial charge in [0.2, 0.25) is 0 Å². The van der Waals surface area contributed by atoms with Crippen molar-refractivity contribution in [1.29, 1.82) is 0 Å². The molecule has 0 heterocycles. The van der Waals surface area contributed by atoms with Gasteiger partial charge in [-0.3, -0.25) is 0 Å². The fraction of sp³-hybridized carbons (Fsp3) is 0.429. The van der Waals surface area contributed by atoms with Gasteiger partial charge in [-0.1, -0.05) is 24.3 Å². The minimum Gasteiger partial charge on any atom is -0.491 e. The Morgan fingerprint density at radius 2 is 2.28 bits per heavy atom. The van der Waals surface area contributed by atoms with Crippen LogP contribution in [-0.4, -0.2) is 42.6 Å². The highest BCUT2D eigenvalue weighted by atomic mass is 16.5. The van der Waals surface area contributed by atoms with Gasteiger partial charge in [-0.25, -0.2) is 0 Å². The molecule has 0 saturated heterocycles. The molecule has 4 heteroatoms. The standard InChI is InChI=1S/C14H19NO3/c16-8-7-15-9-12(17)10-18-14-6-2-4-11-3-1-5-13(11)14/h1-4,6,12,15-17H,5,7-10H2. The molecule has 1 unspecified atom stereocenters. The van der Waals surface area contributed by atoms with Crippen molar-refractivity contribution in [3.63, 3.8) is 0 Å². The van der Waals surface area contributed by atoms with Crippen LogP contribution in [0.4, 0.5) is 0 Å². The van der Waals surface area contributed by atoms with E-state index in [9.17, 15) is 5.11 Å². The van der Waals surface area contributed by atoms with E-state index < -0.39 is 6.10 Å². The average molecular weight is 249 g/mol. The summed E-state index contributed by atoms with van der Waals surface area (Å²) in [5.74, 6) is 0.846. The Balaban J connectivity index is 1.82. The van der Waals surface area contributed by atoms with Gasteiger partial charge in [0, 0.05) is 18.7 Å². The molecule has 0 amide bonds. The number of allylic oxidation sites excluding steroid dienone is 1. The molecule has 4 nitrogen and oxygen atoms in total. The number of aliphatic hydroxyl groups is 2. The van der Waals surface area contributed by atoms with Crippen LogP contribution in [0.5, 0.6) is 5.75 Å². The van der Waals surface area contributed by atoms with Gasteiger partial charge in [0.1, 0.15) is 18.5 Å². The summed E-state index contributed by atoms with van der Waals surface area (Å²) in [7, 11) is 0. The summed E-state index contributed by atoms with van der Waals surface area (Å²) >= 11 is 0. The highest BCUT2D eigenvalue weighted by molar-refractivity contribution is 5.63. The number of benzene rings is 1. The topological polar surface area (TPSA) is 61.7 Å². The Morgan fingerprint density at radius 3 is 3.11 bits per heavy atom. The average Bonchev–Trinajstić information content (AvgIpc) is 2.85. The normalized spacial score (nSPS) is 14.6. The van der Waals surface area contributed by atoms with Crippen LogP contribution in [-0.2, 0) is 6.42 Å². The van der Waals surface area contributed by atoms with Gasteiger partial charge in [0.15, 0.2) is 0 Å². The molecule has 1 aromatic carbocycles. The van der Waals surface area contributed by atoms with Gasteiger partial charge in [0.25, 0.3) is 0 Å². The summed E-state index contributed by atoms with van der Waals surface area (Å²) in [5, 5.41) is 21.2. The number of rotatable bonds is 7. The first kappa shape index (κ1) is 13.1. The Morgan fingerprint density at radius 1 is 1.39 bits per heavy atom. The number of fused-ring (bicyclic) bond motifs is 1. The molecular formula is C14H19NO3. The lowest BCUT2D eigenvalue weighted by Gasteiger charge is -2.15. The van der Waals surface area contributed by atoms with E-state index in [-0.39, 0.29) is 13.2 Å². The lowest BCUT2D eigenvalue weighted by Crippen LogP contribution is -2.33. The van der Waals surface area contributed by atoms with Crippen molar-refractivity contribution in [3.05, 3.63) is 35.4 Å². The molecule has 1 aliphatic carbocycles. The summed E-state index contributed by atoms with van der Waals surface area (Å²) in [5.41, 5.74) is 2.38. The second kappa shape index (κ2) is 6.54. The molecule has 18 heavy (non-hydrogen) atoms. The maximum absolute atomic E-state index is 9.70. The summed E-state index contributed by atoms with van der Waals surface area (Å²) in [4.78, 5) is 0. The number of hydrogen-bond donors (Lipinski definition) is 3. The van der Waals surface area contributed by atoms with Crippen LogP contribution in [0, 0.1) is 0 Å². The molecule has 1 atom stereocenters. The highest BCUT2D eigenvalue weighted by Gasteiger charge is 2.12. The van der Waals surface area contributed by atoms with Crippen LogP contribution < -0.4 is 10.1 Å². The lowest BCUT2D eigenvalue weighted by molar-refractivity contribution is 0.104. The number of ether oxygens (including phenoxy) is 1. The van der Waals surface area contributed by atoms with Crippen molar-refractivity contribution in [1.82, 2.24) is 5.32 Å². The third kappa shape index (κ3) is 3.32. The second-order valence-corrected chi connectivity index (χ2v) is 4.32. The Hall–Kier alpha value is -1.36. The first-order valence-electron chi connectivity index (χ1n) is 6.22. The minimum absolute atomic E-state index is 0.0748. The fourth-order valence-corrected chi connectivity index (χ4v) is 1.99. The molecular weight excluding hydrogens is 230 g/mol. The summed E-state index contributed by atoms with van der Waals surface area (Å²) in [6.45, 7) is 1.25. The van der Waals surface area contributed by atoms with E-state index >= 15 is 0 Å². The molecule has 0 aliphatic heterocycles. The van der Waals surface area contributed by atoms with E-state index in [1.54, 1.807) is 0 Å². The van der Waals surface area contributed by atoms with Crippen LogP contribution in [0.15, 0.2) is 24.3 Å². The van der Waals surface area contributed by atoms with Crippen molar-refractivity contribution in [3.8, 4) is 5.75 Å². The summed E-state index contributed by atoms with van der Waals surface area (Å²) in [6, 6.07) is 5.95. The molecule has 3 N–H and O–H groups in total. The van der Waals surface area contributed by atoms with E-state index in [2.05, 4.69) is 23.5 Å². The Kier molecular flexibility index (Phi) is 4.75. The summed E-state index contributed by atoms with van der Waals surface area (Å²) < 4.78 is 5.65. The molecule has 0 fully saturated rings. The second-order valence-electron chi connectivity index (χ2n) is 4.32. The zero-order valence-electron chi connectivity index (χ0n) is 10.3. The molecule has 1 aliphatic rings. The number of aliphatic hydroxyl groups excluding tert-OH is 2. The number of hydrogen-bond acceptors (Lipinski definition) is 4. The molecule has 0 saturated carbocycles. The third-order valence-electron chi connectivity index (χ3n) is 2.89. The quantitative estimate of drug-likeness (QED) is 0.619. The maximum Gasteiger partial charge on any atom is 0.123 e. The highest BCUT2D eigenvalue weighted by Crippen LogP contribution is 2.28. The van der Waals surface area contributed by atoms with Gasteiger partial charge >= 0.3 is 0 Å². The smallest absolute Gasteiger partial charge is 0.123 e. The Labute approximate surface area is 107 Å². The predicted molar refractivity (Wildman–Crippen MR) is 70.6 cm³/mol. The van der Waals surface area contributed by atoms with Crippen LogP contribution in [0.2, 0.25) is 0 Å². The number of nitrogens with one attached hydrogen (secondary N) is 1. The first-order valence-corrected chi connectivity index (χ1v) is 6.22. The van der Waals surface area contributed by atoms with Gasteiger partial charge in [-0.15, -0.1) is 0 Å². The predicted octanol–water partition coefficient (Wildman–Crippen LogP) is 0.577. The zero-order valence-corrected chi connectivity index (χ0v) is 10.3. The van der Waals surface area contributed by atoms with Gasteiger partial charge in [-0.05, 0) is 18.1 Å². The van der Waals surface area contributed by atoms with Gasteiger partial charge < -0.3 is 20.3 Å². The third-order valence-corrected chi connectivity index (χ3v) is 2.89. The van der Waals surface area contributed by atoms with Crippen molar-refractivity contribution in [2.45, 2.75) is 12.5 Å². The van der Waals surface area contributed by atoms with Gasteiger partial charge in [-0.2, -0.15) is 0 Å². The van der Waals surface area contributed by atoms with E-state index in [1.807, 2.05) is 12.1 Å². The first-order chi connectivity index (χ1) is 8.81. The van der Waals surface area contributed by atoms with Crippen molar-refractivity contribution >= 4 is 6.08 Å². The van der Waals surface area contributed by atoms with E-state index in [4.69, 9.17) is 9.84 Å². The van der Waals surface area contributed by atoms with Crippen LogP contribution in [0.3, 0.4) is 0 Å². The minimum atomic E-state index is -0.568. The van der Waals surface area contributed by atoms with E-state index in [1.165, 1.54) is 11.1 Å². The largest absolute Gasteiger partial charge is 0.491 e. The van der Waals surface area contributed by atoms with E-state index in [0.717, 1.165) is 12.2 Å². The van der Waals surface area contributed by atoms with Crippen molar-refractivity contribution in [2.75, 3.05) is 26.3 Å². The maximum atomic E-state index is 9.70. The fourth-order valence-electron chi connectivity index (χ4n) is 1.99. The Bertz CT molecular complexity index is 418. The zero-order chi connectivity index (χ0) is 12.8.